The van der Waals surface area contributed by atoms with Gasteiger partial charge >= 0.3 is 0 Å². The number of imidazole rings is 1. The van der Waals surface area contributed by atoms with Crippen molar-refractivity contribution >= 4 is 0 Å². The number of rotatable bonds is 17. The third kappa shape index (κ3) is 13.1. The molecule has 0 radical (unpaired) electrons. The molecule has 1 aromatic heterocycles. The van der Waals surface area contributed by atoms with Crippen LogP contribution in [0.15, 0.2) is 18.7 Å². The Morgan fingerprint density at radius 2 is 1.32 bits per heavy atom. The Morgan fingerprint density at radius 3 is 1.88 bits per heavy atom. The molecular formula is C23H45N2+. The maximum Gasteiger partial charge on any atom is 0.243 e. The molecule has 2 nitrogen and oxygen atoms in total. The second-order valence-corrected chi connectivity index (χ2v) is 8.31. The lowest BCUT2D eigenvalue weighted by atomic mass is 10.1. The Morgan fingerprint density at radius 1 is 0.760 bits per heavy atom. The maximum atomic E-state index is 2.37. The first kappa shape index (κ1) is 22.3. The summed E-state index contributed by atoms with van der Waals surface area (Å²) in [6, 6.07) is 0. The molecule has 1 rings (SSSR count). The van der Waals surface area contributed by atoms with Gasteiger partial charge in [0.2, 0.25) is 6.33 Å². The number of hydrogen-bond donors (Lipinski definition) is 0. The lowest BCUT2D eigenvalue weighted by Gasteiger charge is -2.02. The molecule has 1 heterocycles. The van der Waals surface area contributed by atoms with Gasteiger partial charge < -0.3 is 0 Å². The molecule has 0 spiro atoms. The highest BCUT2D eigenvalue weighted by molar-refractivity contribution is 4.66. The number of aromatic nitrogens is 2. The van der Waals surface area contributed by atoms with Crippen molar-refractivity contribution in [2.45, 2.75) is 124 Å². The molecule has 0 bridgehead atoms. The molecule has 25 heavy (non-hydrogen) atoms. The quantitative estimate of drug-likeness (QED) is 0.213. The molecule has 0 fully saturated rings. The first-order valence-corrected chi connectivity index (χ1v) is 11.3. The molecule has 2 heteroatoms. The first-order chi connectivity index (χ1) is 12.2. The Bertz CT molecular complexity index is 395. The van der Waals surface area contributed by atoms with Crippen LogP contribution in [-0.4, -0.2) is 4.57 Å². The summed E-state index contributed by atoms with van der Waals surface area (Å²) in [4.78, 5) is 0. The van der Waals surface area contributed by atoms with Crippen LogP contribution in [0.3, 0.4) is 0 Å². The van der Waals surface area contributed by atoms with Crippen LogP contribution < -0.4 is 4.57 Å². The van der Waals surface area contributed by atoms with Crippen molar-refractivity contribution in [1.29, 1.82) is 0 Å². The van der Waals surface area contributed by atoms with Crippen LogP contribution in [0.1, 0.15) is 111 Å². The van der Waals surface area contributed by atoms with Gasteiger partial charge in [0.05, 0.1) is 13.1 Å². The molecule has 0 N–H and O–H groups in total. The average molecular weight is 350 g/mol. The summed E-state index contributed by atoms with van der Waals surface area (Å²) in [5.41, 5.74) is 0. The van der Waals surface area contributed by atoms with Gasteiger partial charge in [-0.1, -0.05) is 85.0 Å². The fourth-order valence-electron chi connectivity index (χ4n) is 3.52. The van der Waals surface area contributed by atoms with E-state index in [-0.39, 0.29) is 0 Å². The van der Waals surface area contributed by atoms with Crippen molar-refractivity contribution in [2.75, 3.05) is 0 Å². The van der Waals surface area contributed by atoms with Crippen LogP contribution in [0.4, 0.5) is 0 Å². The van der Waals surface area contributed by atoms with Gasteiger partial charge in [-0.15, -0.1) is 0 Å². The molecule has 0 saturated heterocycles. The van der Waals surface area contributed by atoms with Gasteiger partial charge in [0, 0.05) is 0 Å². The topological polar surface area (TPSA) is 8.81 Å². The average Bonchev–Trinajstić information content (AvgIpc) is 3.03. The van der Waals surface area contributed by atoms with Gasteiger partial charge in [-0.05, 0) is 31.6 Å². The van der Waals surface area contributed by atoms with E-state index in [9.17, 15) is 0 Å². The second kappa shape index (κ2) is 15.5. The van der Waals surface area contributed by atoms with Crippen molar-refractivity contribution in [3.63, 3.8) is 0 Å². The predicted octanol–water partition coefficient (Wildman–Crippen LogP) is 6.91. The highest BCUT2D eigenvalue weighted by Crippen LogP contribution is 2.12. The minimum absolute atomic E-state index is 0.823. The second-order valence-electron chi connectivity index (χ2n) is 8.31. The summed E-state index contributed by atoms with van der Waals surface area (Å²) >= 11 is 0. The van der Waals surface area contributed by atoms with Crippen molar-refractivity contribution in [2.24, 2.45) is 5.92 Å². The summed E-state index contributed by atoms with van der Waals surface area (Å²) in [6.07, 6.45) is 26.5. The van der Waals surface area contributed by atoms with Crippen molar-refractivity contribution in [3.8, 4) is 0 Å². The van der Waals surface area contributed by atoms with E-state index in [4.69, 9.17) is 0 Å². The molecule has 0 aromatic carbocycles. The van der Waals surface area contributed by atoms with E-state index >= 15 is 0 Å². The maximum absolute atomic E-state index is 2.37. The number of aryl methyl sites for hydroxylation is 2. The molecule has 0 aliphatic rings. The van der Waals surface area contributed by atoms with Crippen molar-refractivity contribution in [1.82, 2.24) is 4.57 Å². The van der Waals surface area contributed by atoms with Crippen LogP contribution in [-0.2, 0) is 13.1 Å². The number of unbranched alkanes of at least 4 members (excludes halogenated alkanes) is 11. The minimum Gasteiger partial charge on any atom is -0.237 e. The van der Waals surface area contributed by atoms with Gasteiger partial charge in [0.25, 0.3) is 0 Å². The molecular weight excluding hydrogens is 304 g/mol. The van der Waals surface area contributed by atoms with Crippen LogP contribution in [0.25, 0.3) is 0 Å². The number of hydrogen-bond acceptors (Lipinski definition) is 0. The Kier molecular flexibility index (Phi) is 13.8. The summed E-state index contributed by atoms with van der Waals surface area (Å²) in [5.74, 6) is 0.823. The Balaban J connectivity index is 1.89. The van der Waals surface area contributed by atoms with Crippen LogP contribution in [0.5, 0.6) is 0 Å². The zero-order valence-electron chi connectivity index (χ0n) is 17.5. The van der Waals surface area contributed by atoms with Crippen molar-refractivity contribution < 1.29 is 4.57 Å². The first-order valence-electron chi connectivity index (χ1n) is 11.3. The van der Waals surface area contributed by atoms with Gasteiger partial charge in [-0.3, -0.25) is 0 Å². The molecule has 0 aliphatic heterocycles. The summed E-state index contributed by atoms with van der Waals surface area (Å²) < 4.78 is 4.72. The lowest BCUT2D eigenvalue weighted by molar-refractivity contribution is -0.697. The highest BCUT2D eigenvalue weighted by atomic mass is 15.1. The zero-order valence-corrected chi connectivity index (χ0v) is 17.5. The molecule has 1 aromatic rings. The van der Waals surface area contributed by atoms with Crippen LogP contribution in [0, 0.1) is 5.92 Å². The minimum atomic E-state index is 0.823. The lowest BCUT2D eigenvalue weighted by Crippen LogP contribution is -2.31. The van der Waals surface area contributed by atoms with E-state index in [1.807, 2.05) is 0 Å². The fraction of sp³-hybridized carbons (Fsp3) is 0.870. The largest absolute Gasteiger partial charge is 0.243 e. The summed E-state index contributed by atoms with van der Waals surface area (Å²) in [6.45, 7) is 9.27. The van der Waals surface area contributed by atoms with E-state index < -0.39 is 0 Å². The van der Waals surface area contributed by atoms with E-state index in [2.05, 4.69) is 48.6 Å². The molecule has 0 aliphatic carbocycles. The third-order valence-corrected chi connectivity index (χ3v) is 5.21. The molecule has 0 amide bonds. The Labute approximate surface area is 158 Å². The highest BCUT2D eigenvalue weighted by Gasteiger charge is 2.04. The SMILES string of the molecule is CCCCCCCCCCCCCCn1cc[n+](CCCC(C)C)c1. The third-order valence-electron chi connectivity index (χ3n) is 5.21. The van der Waals surface area contributed by atoms with Crippen molar-refractivity contribution in [3.05, 3.63) is 18.7 Å². The monoisotopic (exact) mass is 349 g/mol. The molecule has 146 valence electrons. The zero-order chi connectivity index (χ0) is 18.2. The predicted molar refractivity (Wildman–Crippen MR) is 110 cm³/mol. The van der Waals surface area contributed by atoms with E-state index in [1.165, 1.54) is 103 Å². The molecule has 0 saturated carbocycles. The van der Waals surface area contributed by atoms with E-state index in [0.717, 1.165) is 5.92 Å². The van der Waals surface area contributed by atoms with Gasteiger partial charge in [-0.25, -0.2) is 9.13 Å². The van der Waals surface area contributed by atoms with E-state index in [1.54, 1.807) is 0 Å². The molecule has 0 atom stereocenters. The molecule has 0 unspecified atom stereocenters. The number of nitrogens with zero attached hydrogens (tertiary/aromatic N) is 2. The van der Waals surface area contributed by atoms with E-state index in [0.29, 0.717) is 0 Å². The summed E-state index contributed by atoms with van der Waals surface area (Å²) in [5, 5.41) is 0. The standard InChI is InChI=1S/C23H45N2/c1-4-5-6-7-8-9-10-11-12-13-14-15-18-24-20-21-25(22-24)19-16-17-23(2)3/h20-23H,4-19H2,1-3H3/q+1. The normalized spacial score (nSPS) is 11.5. The summed E-state index contributed by atoms with van der Waals surface area (Å²) in [7, 11) is 0. The van der Waals surface area contributed by atoms with Crippen LogP contribution >= 0.6 is 0 Å². The smallest absolute Gasteiger partial charge is 0.237 e. The van der Waals surface area contributed by atoms with Gasteiger partial charge in [-0.2, -0.15) is 0 Å². The Hall–Kier alpha value is -0.790. The van der Waals surface area contributed by atoms with Gasteiger partial charge in [0.1, 0.15) is 12.4 Å². The van der Waals surface area contributed by atoms with Gasteiger partial charge in [0.15, 0.2) is 0 Å². The van der Waals surface area contributed by atoms with Crippen LogP contribution in [0.2, 0.25) is 0 Å². The fourth-order valence-corrected chi connectivity index (χ4v) is 3.52.